The number of aryl methyl sites for hydroxylation is 1. The van der Waals surface area contributed by atoms with Crippen molar-refractivity contribution in [2.24, 2.45) is 0 Å². The molecule has 0 spiro atoms. The Balaban J connectivity index is 1.51. The highest BCUT2D eigenvalue weighted by atomic mass is 16.5. The van der Waals surface area contributed by atoms with Gasteiger partial charge >= 0.3 is 0 Å². The lowest BCUT2D eigenvalue weighted by Gasteiger charge is -2.24. The maximum atomic E-state index is 5.99. The maximum Gasteiger partial charge on any atom is 0.226 e. The number of hydrogen-bond acceptors (Lipinski definition) is 5. The smallest absolute Gasteiger partial charge is 0.226 e. The molecule has 5 nitrogen and oxygen atoms in total. The number of nitrogens with zero attached hydrogens (tertiary/aromatic N) is 2. The van der Waals surface area contributed by atoms with Crippen LogP contribution in [0.25, 0.3) is 11.5 Å². The lowest BCUT2D eigenvalue weighted by molar-refractivity contribution is 0.244. The molecule has 1 saturated heterocycles. The Kier molecular flexibility index (Phi) is 5.86. The van der Waals surface area contributed by atoms with Crippen LogP contribution in [0.2, 0.25) is 0 Å². The predicted octanol–water partition coefficient (Wildman–Crippen LogP) is 5.39. The van der Waals surface area contributed by atoms with Crippen molar-refractivity contribution >= 4 is 0 Å². The van der Waals surface area contributed by atoms with E-state index < -0.39 is 0 Å². The minimum Gasteiger partial charge on any atom is -0.497 e. The quantitative estimate of drug-likeness (QED) is 0.539. The summed E-state index contributed by atoms with van der Waals surface area (Å²) in [5, 5.41) is 0. The average molecular weight is 392 g/mol. The van der Waals surface area contributed by atoms with Gasteiger partial charge in [0.25, 0.3) is 0 Å². The molecule has 0 aliphatic carbocycles. The van der Waals surface area contributed by atoms with Gasteiger partial charge in [0.1, 0.15) is 17.3 Å². The van der Waals surface area contributed by atoms with Gasteiger partial charge in [0.15, 0.2) is 0 Å². The monoisotopic (exact) mass is 392 g/mol. The van der Waals surface area contributed by atoms with Gasteiger partial charge in [0.2, 0.25) is 5.89 Å². The molecule has 0 N–H and O–H groups in total. The highest BCUT2D eigenvalue weighted by Crippen LogP contribution is 2.35. The Morgan fingerprint density at radius 1 is 1.14 bits per heavy atom. The van der Waals surface area contributed by atoms with E-state index in [9.17, 15) is 0 Å². The van der Waals surface area contributed by atoms with Crippen LogP contribution in [0.3, 0.4) is 0 Å². The Morgan fingerprint density at radius 3 is 2.72 bits per heavy atom. The van der Waals surface area contributed by atoms with Gasteiger partial charge in [-0.3, -0.25) is 4.90 Å². The molecule has 0 bridgehead atoms. The van der Waals surface area contributed by atoms with E-state index in [0.29, 0.717) is 18.5 Å². The number of methoxy groups -OCH3 is 1. The van der Waals surface area contributed by atoms with Crippen LogP contribution in [-0.4, -0.2) is 30.1 Å². The number of hydrogen-bond donors (Lipinski definition) is 0. The second-order valence-electron chi connectivity index (χ2n) is 7.38. The third-order valence-corrected chi connectivity index (χ3v) is 5.50. The molecular formula is C24H28N2O3. The number of benzene rings is 2. The fourth-order valence-electron chi connectivity index (χ4n) is 3.99. The summed E-state index contributed by atoms with van der Waals surface area (Å²) in [5.41, 5.74) is 3.27. The lowest BCUT2D eigenvalue weighted by Crippen LogP contribution is -2.23. The fraction of sp³-hybridized carbons (Fsp3) is 0.375. The van der Waals surface area contributed by atoms with E-state index in [1.165, 1.54) is 12.0 Å². The van der Waals surface area contributed by atoms with Gasteiger partial charge in [-0.1, -0.05) is 12.1 Å². The summed E-state index contributed by atoms with van der Waals surface area (Å²) in [4.78, 5) is 7.29. The van der Waals surface area contributed by atoms with Crippen LogP contribution in [0.5, 0.6) is 11.5 Å². The summed E-state index contributed by atoms with van der Waals surface area (Å²) in [7, 11) is 1.72. The van der Waals surface area contributed by atoms with E-state index >= 15 is 0 Å². The van der Waals surface area contributed by atoms with Crippen molar-refractivity contribution in [3.8, 4) is 23.0 Å². The first-order chi connectivity index (χ1) is 14.2. The topological polar surface area (TPSA) is 47.7 Å². The zero-order valence-electron chi connectivity index (χ0n) is 17.4. The molecule has 3 aromatic rings. The van der Waals surface area contributed by atoms with Crippen LogP contribution >= 0.6 is 0 Å². The summed E-state index contributed by atoms with van der Waals surface area (Å²) in [6.07, 6.45) is 2.33. The molecule has 0 radical (unpaired) electrons. The van der Waals surface area contributed by atoms with E-state index in [0.717, 1.165) is 48.0 Å². The average Bonchev–Trinajstić information content (AvgIpc) is 3.36. The van der Waals surface area contributed by atoms with Gasteiger partial charge in [-0.05, 0) is 75.2 Å². The van der Waals surface area contributed by atoms with Crippen LogP contribution in [-0.2, 0) is 6.54 Å². The van der Waals surface area contributed by atoms with Gasteiger partial charge in [0, 0.05) is 18.2 Å². The third-order valence-electron chi connectivity index (χ3n) is 5.50. The summed E-state index contributed by atoms with van der Waals surface area (Å²) >= 11 is 0. The number of ether oxygens (including phenoxy) is 2. The molecule has 4 rings (SSSR count). The summed E-state index contributed by atoms with van der Waals surface area (Å²) < 4.78 is 16.9. The molecule has 0 amide bonds. The van der Waals surface area contributed by atoms with E-state index in [1.54, 1.807) is 7.11 Å². The number of rotatable bonds is 7. The molecule has 29 heavy (non-hydrogen) atoms. The van der Waals surface area contributed by atoms with Crippen LogP contribution in [0.1, 0.15) is 42.8 Å². The largest absolute Gasteiger partial charge is 0.497 e. The molecule has 0 saturated carbocycles. The first-order valence-electron chi connectivity index (χ1n) is 10.3. The van der Waals surface area contributed by atoms with Crippen molar-refractivity contribution in [2.45, 2.75) is 39.3 Å². The van der Waals surface area contributed by atoms with E-state index in [4.69, 9.17) is 18.9 Å². The van der Waals surface area contributed by atoms with Crippen molar-refractivity contribution in [1.82, 2.24) is 9.88 Å². The molecule has 5 heteroatoms. The normalized spacial score (nSPS) is 16.9. The maximum absolute atomic E-state index is 5.99. The molecular weight excluding hydrogens is 364 g/mol. The second kappa shape index (κ2) is 8.70. The van der Waals surface area contributed by atoms with E-state index in [2.05, 4.69) is 23.1 Å². The number of likely N-dealkylation sites (tertiary alicyclic amines) is 1. The van der Waals surface area contributed by atoms with Gasteiger partial charge in [-0.2, -0.15) is 0 Å². The molecule has 1 aliphatic heterocycles. The third kappa shape index (κ3) is 4.30. The van der Waals surface area contributed by atoms with Gasteiger partial charge in [-0.25, -0.2) is 4.98 Å². The van der Waals surface area contributed by atoms with Crippen LogP contribution < -0.4 is 9.47 Å². The van der Waals surface area contributed by atoms with E-state index in [1.807, 2.05) is 44.2 Å². The lowest BCUT2D eigenvalue weighted by atomic mass is 10.0. The Hall–Kier alpha value is -2.79. The van der Waals surface area contributed by atoms with Crippen molar-refractivity contribution < 1.29 is 13.9 Å². The Bertz CT molecular complexity index is 949. The van der Waals surface area contributed by atoms with Gasteiger partial charge in [0.05, 0.1) is 19.4 Å². The first kappa shape index (κ1) is 19.5. The van der Waals surface area contributed by atoms with Crippen molar-refractivity contribution in [2.75, 3.05) is 20.3 Å². The van der Waals surface area contributed by atoms with Crippen molar-refractivity contribution in [3.05, 3.63) is 65.5 Å². The highest BCUT2D eigenvalue weighted by molar-refractivity contribution is 5.55. The Labute approximate surface area is 172 Å². The molecule has 1 unspecified atom stereocenters. The van der Waals surface area contributed by atoms with Crippen LogP contribution in [0.15, 0.2) is 52.9 Å². The summed E-state index contributed by atoms with van der Waals surface area (Å²) in [6.45, 7) is 6.48. The van der Waals surface area contributed by atoms with Gasteiger partial charge < -0.3 is 13.9 Å². The zero-order valence-corrected chi connectivity index (χ0v) is 17.4. The van der Waals surface area contributed by atoms with Crippen molar-refractivity contribution in [1.29, 1.82) is 0 Å². The molecule has 1 atom stereocenters. The molecule has 1 fully saturated rings. The molecule has 1 aliphatic rings. The minimum atomic E-state index is 0.384. The molecule has 1 aromatic heterocycles. The zero-order chi connectivity index (χ0) is 20.2. The van der Waals surface area contributed by atoms with Crippen molar-refractivity contribution in [3.63, 3.8) is 0 Å². The molecule has 2 heterocycles. The van der Waals surface area contributed by atoms with Gasteiger partial charge in [-0.15, -0.1) is 0 Å². The predicted molar refractivity (Wildman–Crippen MR) is 113 cm³/mol. The summed E-state index contributed by atoms with van der Waals surface area (Å²) in [5.74, 6) is 3.31. The minimum absolute atomic E-state index is 0.384. The number of oxazole rings is 1. The molecule has 2 aromatic carbocycles. The van der Waals surface area contributed by atoms with Crippen LogP contribution in [0.4, 0.5) is 0 Å². The summed E-state index contributed by atoms with van der Waals surface area (Å²) in [6, 6.07) is 16.7. The van der Waals surface area contributed by atoms with Crippen LogP contribution in [0, 0.1) is 6.92 Å². The fourth-order valence-corrected chi connectivity index (χ4v) is 3.99. The SMILES string of the molecule is CCOc1ccc(-c2nc(CN3CCCC3c3cccc(OC)c3)c(C)o2)cc1. The first-order valence-corrected chi connectivity index (χ1v) is 10.3. The standard InChI is InChI=1S/C24H28N2O3/c1-4-28-20-12-10-18(11-13-20)24-25-22(17(2)29-24)16-26-14-6-9-23(26)19-7-5-8-21(15-19)27-3/h5,7-8,10-13,15,23H,4,6,9,14,16H2,1-3H3. The van der Waals surface area contributed by atoms with E-state index in [-0.39, 0.29) is 0 Å². The number of aromatic nitrogens is 1. The highest BCUT2D eigenvalue weighted by Gasteiger charge is 2.28. The second-order valence-corrected chi connectivity index (χ2v) is 7.38. The molecule has 152 valence electrons. The Morgan fingerprint density at radius 2 is 1.97 bits per heavy atom.